The predicted octanol–water partition coefficient (Wildman–Crippen LogP) is 3.56. The first kappa shape index (κ1) is 23.8. The molecule has 156 valence electrons. The van der Waals surface area contributed by atoms with Crippen LogP contribution in [0.5, 0.6) is 0 Å². The lowest BCUT2D eigenvalue weighted by atomic mass is 9.95. The summed E-state index contributed by atoms with van der Waals surface area (Å²) in [4.78, 5) is 35.8. The van der Waals surface area contributed by atoms with Gasteiger partial charge in [-0.1, -0.05) is 37.6 Å². The third kappa shape index (κ3) is 8.61. The van der Waals surface area contributed by atoms with Crippen molar-refractivity contribution in [3.05, 3.63) is 34.9 Å². The molecule has 0 bridgehead atoms. The smallest absolute Gasteiger partial charge is 0.408 e. The van der Waals surface area contributed by atoms with Crippen LogP contribution in [0.1, 0.15) is 52.5 Å². The lowest BCUT2D eigenvalue weighted by Crippen LogP contribution is -2.51. The van der Waals surface area contributed by atoms with Crippen molar-refractivity contribution in [3.8, 4) is 0 Å². The van der Waals surface area contributed by atoms with E-state index < -0.39 is 35.5 Å². The molecule has 0 aliphatic carbocycles. The van der Waals surface area contributed by atoms with Gasteiger partial charge >= 0.3 is 12.1 Å². The van der Waals surface area contributed by atoms with E-state index in [0.717, 1.165) is 5.56 Å². The van der Waals surface area contributed by atoms with Crippen LogP contribution in [0.3, 0.4) is 0 Å². The van der Waals surface area contributed by atoms with Crippen LogP contribution in [0.25, 0.3) is 0 Å². The minimum absolute atomic E-state index is 0.117. The van der Waals surface area contributed by atoms with Crippen LogP contribution in [0.4, 0.5) is 4.79 Å². The Labute approximate surface area is 170 Å². The first-order valence-corrected chi connectivity index (χ1v) is 9.51. The summed E-state index contributed by atoms with van der Waals surface area (Å²) in [5.74, 6) is -1.97. The van der Waals surface area contributed by atoms with E-state index in [-0.39, 0.29) is 18.9 Å². The first-order valence-electron chi connectivity index (χ1n) is 9.13. The fourth-order valence-electron chi connectivity index (χ4n) is 2.56. The van der Waals surface area contributed by atoms with Crippen molar-refractivity contribution >= 4 is 29.6 Å². The number of nitrogens with one attached hydrogen (secondary N) is 2. The highest BCUT2D eigenvalue weighted by atomic mass is 35.5. The summed E-state index contributed by atoms with van der Waals surface area (Å²) in [5, 5.41) is 15.0. The maximum absolute atomic E-state index is 12.6. The van der Waals surface area contributed by atoms with Crippen LogP contribution < -0.4 is 10.6 Å². The Morgan fingerprint density at radius 2 is 1.71 bits per heavy atom. The number of amides is 2. The zero-order valence-corrected chi connectivity index (χ0v) is 17.7. The summed E-state index contributed by atoms with van der Waals surface area (Å²) in [6.07, 6.45) is -0.825. The van der Waals surface area contributed by atoms with Crippen molar-refractivity contribution in [2.45, 2.75) is 58.6 Å². The van der Waals surface area contributed by atoms with Crippen LogP contribution in [-0.4, -0.2) is 41.3 Å². The van der Waals surface area contributed by atoms with E-state index in [1.165, 1.54) is 0 Å². The average molecular weight is 413 g/mol. The van der Waals surface area contributed by atoms with Crippen LogP contribution in [-0.2, 0) is 14.3 Å². The molecule has 2 amide bonds. The van der Waals surface area contributed by atoms with E-state index in [9.17, 15) is 19.5 Å². The number of rotatable bonds is 8. The second-order valence-electron chi connectivity index (χ2n) is 7.96. The molecule has 1 aromatic rings. The first-order chi connectivity index (χ1) is 12.9. The number of carboxylic acid groups (broad SMARTS) is 1. The Morgan fingerprint density at radius 3 is 2.18 bits per heavy atom. The van der Waals surface area contributed by atoms with Crippen molar-refractivity contribution in [1.29, 1.82) is 0 Å². The Kier molecular flexibility index (Phi) is 8.75. The number of halogens is 1. The summed E-state index contributed by atoms with van der Waals surface area (Å²) >= 11 is 5.88. The lowest BCUT2D eigenvalue weighted by molar-refractivity contribution is -0.137. The number of carbonyl (C=O) groups excluding carboxylic acids is 2. The van der Waals surface area contributed by atoms with Crippen molar-refractivity contribution < 1.29 is 24.2 Å². The normalized spacial score (nSPS) is 13.5. The monoisotopic (exact) mass is 412 g/mol. The van der Waals surface area contributed by atoms with E-state index in [4.69, 9.17) is 16.3 Å². The van der Waals surface area contributed by atoms with Gasteiger partial charge in [-0.05, 0) is 44.4 Å². The largest absolute Gasteiger partial charge is 0.481 e. The molecule has 2 atom stereocenters. The summed E-state index contributed by atoms with van der Waals surface area (Å²) in [5.41, 5.74) is 0.0804. The highest BCUT2D eigenvalue weighted by Gasteiger charge is 2.27. The molecular formula is C20H29ClN2O5. The molecule has 0 heterocycles. The number of hydrogen-bond acceptors (Lipinski definition) is 4. The number of carboxylic acids is 1. The van der Waals surface area contributed by atoms with Crippen LogP contribution in [0, 0.1) is 5.92 Å². The number of ether oxygens (including phenoxy) is 1. The van der Waals surface area contributed by atoms with Gasteiger partial charge in [0.2, 0.25) is 5.91 Å². The van der Waals surface area contributed by atoms with E-state index in [1.54, 1.807) is 58.9 Å². The second kappa shape index (κ2) is 10.3. The SMILES string of the molecule is CC(C)[C@H](NC(=O)OC(C)(C)C)C(=O)NCC(CC(=O)O)c1ccc(Cl)cc1. The Morgan fingerprint density at radius 1 is 1.14 bits per heavy atom. The molecule has 0 saturated heterocycles. The van der Waals surface area contributed by atoms with Crippen molar-refractivity contribution in [2.24, 2.45) is 5.92 Å². The zero-order chi connectivity index (χ0) is 21.5. The predicted molar refractivity (Wildman–Crippen MR) is 107 cm³/mol. The van der Waals surface area contributed by atoms with Gasteiger partial charge in [-0.2, -0.15) is 0 Å². The van der Waals surface area contributed by atoms with Gasteiger partial charge in [0.1, 0.15) is 11.6 Å². The molecule has 0 aliphatic heterocycles. The van der Waals surface area contributed by atoms with Gasteiger partial charge < -0.3 is 20.5 Å². The second-order valence-corrected chi connectivity index (χ2v) is 8.40. The van der Waals surface area contributed by atoms with Crippen molar-refractivity contribution in [3.63, 3.8) is 0 Å². The molecule has 0 spiro atoms. The third-order valence-electron chi connectivity index (χ3n) is 3.91. The molecule has 0 aromatic heterocycles. The zero-order valence-electron chi connectivity index (χ0n) is 16.9. The van der Waals surface area contributed by atoms with E-state index >= 15 is 0 Å². The highest BCUT2D eigenvalue weighted by molar-refractivity contribution is 6.30. The summed E-state index contributed by atoms with van der Waals surface area (Å²) in [7, 11) is 0. The fourth-order valence-corrected chi connectivity index (χ4v) is 2.68. The summed E-state index contributed by atoms with van der Waals surface area (Å²) < 4.78 is 5.21. The molecule has 1 unspecified atom stereocenters. The number of benzene rings is 1. The van der Waals surface area contributed by atoms with Gasteiger partial charge in [0.05, 0.1) is 6.42 Å². The molecule has 28 heavy (non-hydrogen) atoms. The molecule has 1 aromatic carbocycles. The van der Waals surface area contributed by atoms with E-state index in [0.29, 0.717) is 5.02 Å². The van der Waals surface area contributed by atoms with Gasteiger partial charge in [-0.25, -0.2) is 4.79 Å². The quantitative estimate of drug-likeness (QED) is 0.605. The molecule has 8 heteroatoms. The van der Waals surface area contributed by atoms with E-state index in [1.807, 2.05) is 0 Å². The fraction of sp³-hybridized carbons (Fsp3) is 0.550. The number of carbonyl (C=O) groups is 3. The molecular weight excluding hydrogens is 384 g/mol. The average Bonchev–Trinajstić information content (AvgIpc) is 2.54. The topological polar surface area (TPSA) is 105 Å². The van der Waals surface area contributed by atoms with E-state index in [2.05, 4.69) is 10.6 Å². The third-order valence-corrected chi connectivity index (χ3v) is 4.16. The minimum atomic E-state index is -0.971. The van der Waals surface area contributed by atoms with Gasteiger partial charge in [0.25, 0.3) is 0 Å². The maximum atomic E-state index is 12.6. The Bertz CT molecular complexity index is 683. The van der Waals surface area contributed by atoms with Gasteiger partial charge in [-0.15, -0.1) is 0 Å². The van der Waals surface area contributed by atoms with Gasteiger partial charge in [0.15, 0.2) is 0 Å². The van der Waals surface area contributed by atoms with Crippen LogP contribution >= 0.6 is 11.6 Å². The molecule has 0 radical (unpaired) electrons. The van der Waals surface area contributed by atoms with Gasteiger partial charge in [-0.3, -0.25) is 9.59 Å². The van der Waals surface area contributed by atoms with Crippen LogP contribution in [0.15, 0.2) is 24.3 Å². The lowest BCUT2D eigenvalue weighted by Gasteiger charge is -2.26. The van der Waals surface area contributed by atoms with Gasteiger partial charge in [0, 0.05) is 17.5 Å². The molecule has 0 saturated carbocycles. The highest BCUT2D eigenvalue weighted by Crippen LogP contribution is 2.21. The molecule has 3 N–H and O–H groups in total. The maximum Gasteiger partial charge on any atom is 0.408 e. The number of hydrogen-bond donors (Lipinski definition) is 3. The van der Waals surface area contributed by atoms with Crippen molar-refractivity contribution in [2.75, 3.05) is 6.54 Å². The standard InChI is InChI=1S/C20H29ClN2O5/c1-12(2)17(23-19(27)28-20(3,4)5)18(26)22-11-14(10-16(24)25)13-6-8-15(21)9-7-13/h6-9,12,14,17H,10-11H2,1-5H3,(H,22,26)(H,23,27)(H,24,25)/t14?,17-/m0/s1. The summed E-state index contributed by atoms with van der Waals surface area (Å²) in [6.45, 7) is 8.93. The minimum Gasteiger partial charge on any atom is -0.481 e. The summed E-state index contributed by atoms with van der Waals surface area (Å²) in [6, 6.07) is 6.02. The Hall–Kier alpha value is -2.28. The van der Waals surface area contributed by atoms with Crippen molar-refractivity contribution in [1.82, 2.24) is 10.6 Å². The molecule has 7 nitrogen and oxygen atoms in total. The Balaban J connectivity index is 2.80. The number of alkyl carbamates (subject to hydrolysis) is 1. The number of aliphatic carboxylic acids is 1. The molecule has 1 rings (SSSR count). The van der Waals surface area contributed by atoms with Crippen LogP contribution in [0.2, 0.25) is 5.02 Å². The molecule has 0 fully saturated rings. The molecule has 0 aliphatic rings.